The lowest BCUT2D eigenvalue weighted by molar-refractivity contribution is 1.40. The number of benzene rings is 1. The minimum atomic E-state index is 0. The Balaban J connectivity index is 0.000000810. The van der Waals surface area contributed by atoms with Crippen molar-refractivity contribution in [1.82, 2.24) is 0 Å². The fraction of sp³-hybridized carbons (Fsp3) is 0.143. The van der Waals surface area contributed by atoms with Gasteiger partial charge in [0.2, 0.25) is 0 Å². The number of hydrogen-bond acceptors (Lipinski definition) is 1. The molecule has 3 heteroatoms. The van der Waals surface area contributed by atoms with Crippen LogP contribution < -0.4 is 11.0 Å². The first-order valence-electron chi connectivity index (χ1n) is 2.92. The molecule has 2 atom stereocenters. The van der Waals surface area contributed by atoms with E-state index in [1.165, 1.54) is 5.30 Å². The first-order valence-corrected chi connectivity index (χ1v) is 4.13. The lowest BCUT2D eigenvalue weighted by Gasteiger charge is -1.94. The van der Waals surface area contributed by atoms with Crippen LogP contribution in [0.5, 0.6) is 0 Å². The fourth-order valence-electron chi connectivity index (χ4n) is 0.674. The average Bonchev–Trinajstić information content (AvgIpc) is 1.91. The SMILES string of the molecule is NCPc1ccccc1.P. The van der Waals surface area contributed by atoms with Gasteiger partial charge >= 0.3 is 0 Å². The number of hydrogen-bond donors (Lipinski definition) is 1. The molecule has 0 aliphatic heterocycles. The molecule has 0 amide bonds. The molecule has 56 valence electrons. The number of nitrogens with two attached hydrogens (primary N) is 1. The zero-order valence-corrected chi connectivity index (χ0v) is 8.29. The van der Waals surface area contributed by atoms with Crippen molar-refractivity contribution < 1.29 is 0 Å². The molecule has 0 radical (unpaired) electrons. The van der Waals surface area contributed by atoms with Gasteiger partial charge < -0.3 is 5.73 Å². The summed E-state index contributed by atoms with van der Waals surface area (Å²) >= 11 is 0. The van der Waals surface area contributed by atoms with Gasteiger partial charge in [0.05, 0.1) is 0 Å². The summed E-state index contributed by atoms with van der Waals surface area (Å²) in [6, 6.07) is 10.3. The van der Waals surface area contributed by atoms with E-state index in [1.54, 1.807) is 0 Å². The van der Waals surface area contributed by atoms with Crippen molar-refractivity contribution in [3.8, 4) is 0 Å². The molecule has 2 N–H and O–H groups in total. The first-order chi connectivity index (χ1) is 4.43. The van der Waals surface area contributed by atoms with Crippen molar-refractivity contribution in [2.45, 2.75) is 0 Å². The van der Waals surface area contributed by atoms with E-state index in [2.05, 4.69) is 12.1 Å². The van der Waals surface area contributed by atoms with Gasteiger partial charge in [-0.2, -0.15) is 9.90 Å². The Kier molecular flexibility index (Phi) is 5.82. The normalized spacial score (nSPS) is 9.70. The molecule has 2 unspecified atom stereocenters. The van der Waals surface area contributed by atoms with Gasteiger partial charge in [0.1, 0.15) is 0 Å². The summed E-state index contributed by atoms with van der Waals surface area (Å²) in [5, 5.41) is 1.35. The van der Waals surface area contributed by atoms with Crippen LogP contribution in [-0.4, -0.2) is 6.29 Å². The largest absolute Gasteiger partial charge is 0.327 e. The molecular weight excluding hydrogens is 160 g/mol. The molecule has 1 aromatic rings. The second-order valence-electron chi connectivity index (χ2n) is 1.75. The van der Waals surface area contributed by atoms with Crippen LogP contribution in [0.3, 0.4) is 0 Å². The highest BCUT2D eigenvalue weighted by Gasteiger charge is 1.84. The monoisotopic (exact) mass is 173 g/mol. The van der Waals surface area contributed by atoms with Gasteiger partial charge in [-0.05, 0) is 5.30 Å². The van der Waals surface area contributed by atoms with Gasteiger partial charge in [0.25, 0.3) is 0 Å². The summed E-state index contributed by atoms with van der Waals surface area (Å²) in [6.45, 7) is 0. The van der Waals surface area contributed by atoms with Crippen molar-refractivity contribution in [3.05, 3.63) is 30.3 Å². The van der Waals surface area contributed by atoms with Gasteiger partial charge in [0, 0.05) is 6.29 Å². The van der Waals surface area contributed by atoms with Crippen LogP contribution in [0.2, 0.25) is 0 Å². The highest BCUT2D eigenvalue weighted by Crippen LogP contribution is 2.04. The fourth-order valence-corrected chi connectivity index (χ4v) is 1.34. The molecule has 0 saturated heterocycles. The Bertz CT molecular complexity index is 165. The maximum atomic E-state index is 5.37. The molecule has 0 fully saturated rings. The molecule has 10 heavy (non-hydrogen) atoms. The van der Waals surface area contributed by atoms with Crippen LogP contribution >= 0.6 is 18.5 Å². The highest BCUT2D eigenvalue weighted by atomic mass is 31.1. The van der Waals surface area contributed by atoms with E-state index in [0.29, 0.717) is 0 Å². The zero-order chi connectivity index (χ0) is 6.53. The van der Waals surface area contributed by atoms with Crippen LogP contribution in [-0.2, 0) is 0 Å². The van der Waals surface area contributed by atoms with E-state index in [0.717, 1.165) is 14.9 Å². The molecule has 0 bridgehead atoms. The standard InChI is InChI=1S/C7H10NP.H3P/c8-6-9-7-4-2-1-3-5-7;/h1-5,9H,6,8H2;1H3. The maximum Gasteiger partial charge on any atom is 0.0141 e. The van der Waals surface area contributed by atoms with E-state index in [1.807, 2.05) is 18.2 Å². The predicted octanol–water partition coefficient (Wildman–Crippen LogP) is 0.965. The second-order valence-corrected chi connectivity index (χ2v) is 3.09. The van der Waals surface area contributed by atoms with Gasteiger partial charge in [-0.25, -0.2) is 0 Å². The molecule has 1 aromatic carbocycles. The third-order valence-electron chi connectivity index (χ3n) is 1.08. The average molecular weight is 173 g/mol. The van der Waals surface area contributed by atoms with E-state index >= 15 is 0 Å². The van der Waals surface area contributed by atoms with Crippen LogP contribution in [0.15, 0.2) is 30.3 Å². The minimum Gasteiger partial charge on any atom is -0.327 e. The van der Waals surface area contributed by atoms with Crippen LogP contribution in [0, 0.1) is 0 Å². The first kappa shape index (κ1) is 10.0. The topological polar surface area (TPSA) is 26.0 Å². The van der Waals surface area contributed by atoms with Crippen molar-refractivity contribution in [2.24, 2.45) is 5.73 Å². The van der Waals surface area contributed by atoms with Crippen LogP contribution in [0.1, 0.15) is 0 Å². The Hall–Kier alpha value is 0.0400. The van der Waals surface area contributed by atoms with E-state index in [-0.39, 0.29) is 9.90 Å². The molecule has 0 aliphatic carbocycles. The van der Waals surface area contributed by atoms with Gasteiger partial charge in [-0.1, -0.05) is 38.9 Å². The minimum absolute atomic E-state index is 0. The smallest absolute Gasteiger partial charge is 0.0141 e. The van der Waals surface area contributed by atoms with E-state index < -0.39 is 0 Å². The van der Waals surface area contributed by atoms with Crippen molar-refractivity contribution in [1.29, 1.82) is 0 Å². The van der Waals surface area contributed by atoms with Crippen LogP contribution in [0.4, 0.5) is 0 Å². The Labute approximate surface area is 66.8 Å². The molecule has 0 aliphatic rings. The predicted molar refractivity (Wildman–Crippen MR) is 54.6 cm³/mol. The Morgan fingerprint density at radius 1 is 1.20 bits per heavy atom. The quantitative estimate of drug-likeness (QED) is 0.662. The summed E-state index contributed by atoms with van der Waals surface area (Å²) in [5.41, 5.74) is 5.37. The third kappa shape index (κ3) is 3.27. The summed E-state index contributed by atoms with van der Waals surface area (Å²) in [7, 11) is 0.765. The van der Waals surface area contributed by atoms with Gasteiger partial charge in [-0.15, -0.1) is 0 Å². The van der Waals surface area contributed by atoms with Crippen molar-refractivity contribution in [2.75, 3.05) is 6.29 Å². The van der Waals surface area contributed by atoms with E-state index in [4.69, 9.17) is 5.73 Å². The molecule has 1 nitrogen and oxygen atoms in total. The molecule has 0 heterocycles. The Morgan fingerprint density at radius 2 is 1.80 bits per heavy atom. The molecular formula is C7H13NP2. The molecule has 0 aromatic heterocycles. The third-order valence-corrected chi connectivity index (χ3v) is 2.03. The second kappa shape index (κ2) is 5.80. The summed E-state index contributed by atoms with van der Waals surface area (Å²) in [6.07, 6.45) is 0.768. The van der Waals surface area contributed by atoms with Crippen molar-refractivity contribution >= 4 is 23.8 Å². The summed E-state index contributed by atoms with van der Waals surface area (Å²) in [4.78, 5) is 0. The lowest BCUT2D eigenvalue weighted by Crippen LogP contribution is -1.99. The maximum absolute atomic E-state index is 5.37. The van der Waals surface area contributed by atoms with Crippen LogP contribution in [0.25, 0.3) is 0 Å². The Morgan fingerprint density at radius 3 is 2.30 bits per heavy atom. The van der Waals surface area contributed by atoms with E-state index in [9.17, 15) is 0 Å². The van der Waals surface area contributed by atoms with Crippen molar-refractivity contribution in [3.63, 3.8) is 0 Å². The zero-order valence-electron chi connectivity index (χ0n) is 5.88. The molecule has 0 spiro atoms. The summed E-state index contributed by atoms with van der Waals surface area (Å²) < 4.78 is 0. The number of rotatable bonds is 2. The van der Waals surface area contributed by atoms with Gasteiger partial charge in [-0.3, -0.25) is 0 Å². The highest BCUT2D eigenvalue weighted by molar-refractivity contribution is 7.47. The molecule has 1 rings (SSSR count). The molecule has 0 saturated carbocycles. The van der Waals surface area contributed by atoms with Gasteiger partial charge in [0.15, 0.2) is 0 Å². The lowest BCUT2D eigenvalue weighted by atomic mass is 10.4. The summed E-state index contributed by atoms with van der Waals surface area (Å²) in [5.74, 6) is 0.